The second-order valence-corrected chi connectivity index (χ2v) is 3.78. The van der Waals surface area contributed by atoms with Crippen LogP contribution in [0.5, 0.6) is 0 Å². The molecule has 0 aliphatic heterocycles. The number of carboxylic acid groups (broad SMARTS) is 1. The van der Waals surface area contributed by atoms with Crippen LogP contribution in [-0.4, -0.2) is 22.3 Å². The topological polar surface area (TPSA) is 62.5 Å². The van der Waals surface area contributed by atoms with Gasteiger partial charge in [-0.2, -0.15) is 0 Å². The highest BCUT2D eigenvalue weighted by molar-refractivity contribution is 5.81. The van der Waals surface area contributed by atoms with E-state index >= 15 is 0 Å². The normalized spacial score (nSPS) is 10.7. The molecular weight excluding hydrogens is 228 g/mol. The second kappa shape index (κ2) is 5.72. The van der Waals surface area contributed by atoms with E-state index in [2.05, 4.69) is 9.98 Å². The molecule has 18 heavy (non-hydrogen) atoms. The van der Waals surface area contributed by atoms with Crippen LogP contribution in [0.15, 0.2) is 53.8 Å². The molecule has 0 amide bonds. The van der Waals surface area contributed by atoms with E-state index in [0.717, 1.165) is 16.8 Å². The quantitative estimate of drug-likeness (QED) is 0.835. The summed E-state index contributed by atoms with van der Waals surface area (Å²) in [5.74, 6) is -0.831. The first-order chi connectivity index (χ1) is 8.74. The van der Waals surface area contributed by atoms with Crippen molar-refractivity contribution in [2.75, 3.05) is 0 Å². The average Bonchev–Trinajstić information content (AvgIpc) is 2.38. The maximum atomic E-state index is 10.5. The van der Waals surface area contributed by atoms with Crippen molar-refractivity contribution in [1.82, 2.24) is 4.98 Å². The Morgan fingerprint density at radius 3 is 2.44 bits per heavy atom. The van der Waals surface area contributed by atoms with Crippen molar-refractivity contribution in [2.24, 2.45) is 4.99 Å². The smallest absolute Gasteiger partial charge is 0.307 e. The van der Waals surface area contributed by atoms with Gasteiger partial charge in [0.05, 0.1) is 12.1 Å². The van der Waals surface area contributed by atoms with Crippen LogP contribution in [0.25, 0.3) is 0 Å². The molecule has 0 spiro atoms. The van der Waals surface area contributed by atoms with E-state index in [1.54, 1.807) is 42.9 Å². The van der Waals surface area contributed by atoms with Crippen molar-refractivity contribution in [2.45, 2.75) is 6.42 Å². The molecule has 0 atom stereocenters. The first-order valence-corrected chi connectivity index (χ1v) is 5.49. The lowest BCUT2D eigenvalue weighted by atomic mass is 10.1. The van der Waals surface area contributed by atoms with Crippen LogP contribution in [-0.2, 0) is 11.2 Å². The van der Waals surface area contributed by atoms with Gasteiger partial charge in [0.25, 0.3) is 0 Å². The van der Waals surface area contributed by atoms with Crippen LogP contribution >= 0.6 is 0 Å². The molecule has 2 aromatic rings. The molecule has 2 rings (SSSR count). The van der Waals surface area contributed by atoms with Crippen molar-refractivity contribution < 1.29 is 9.90 Å². The minimum Gasteiger partial charge on any atom is -0.481 e. The van der Waals surface area contributed by atoms with Gasteiger partial charge in [0.1, 0.15) is 0 Å². The zero-order valence-corrected chi connectivity index (χ0v) is 9.65. The number of pyridine rings is 1. The highest BCUT2D eigenvalue weighted by atomic mass is 16.4. The Bertz CT molecular complexity index is 548. The number of aromatic nitrogens is 1. The van der Waals surface area contributed by atoms with Crippen LogP contribution in [0, 0.1) is 0 Å². The van der Waals surface area contributed by atoms with Gasteiger partial charge in [0.15, 0.2) is 0 Å². The van der Waals surface area contributed by atoms with Gasteiger partial charge in [-0.15, -0.1) is 0 Å². The molecule has 0 aliphatic carbocycles. The molecule has 0 fully saturated rings. The number of nitrogens with zero attached hydrogens (tertiary/aromatic N) is 2. The lowest BCUT2D eigenvalue weighted by molar-refractivity contribution is -0.136. The first kappa shape index (κ1) is 12.0. The fourth-order valence-corrected chi connectivity index (χ4v) is 1.47. The van der Waals surface area contributed by atoms with E-state index < -0.39 is 5.97 Å². The van der Waals surface area contributed by atoms with Crippen molar-refractivity contribution >= 4 is 17.9 Å². The largest absolute Gasteiger partial charge is 0.481 e. The summed E-state index contributed by atoms with van der Waals surface area (Å²) >= 11 is 0. The Balaban J connectivity index is 2.06. The number of rotatable bonds is 4. The molecule has 1 N–H and O–H groups in total. The maximum Gasteiger partial charge on any atom is 0.307 e. The molecule has 0 saturated heterocycles. The summed E-state index contributed by atoms with van der Waals surface area (Å²) in [4.78, 5) is 18.7. The highest BCUT2D eigenvalue weighted by Gasteiger charge is 1.99. The minimum absolute atomic E-state index is 0.0361. The van der Waals surface area contributed by atoms with Crippen LogP contribution < -0.4 is 0 Å². The zero-order valence-electron chi connectivity index (χ0n) is 9.65. The third-order valence-electron chi connectivity index (χ3n) is 2.36. The number of hydrogen-bond acceptors (Lipinski definition) is 3. The Morgan fingerprint density at radius 2 is 1.83 bits per heavy atom. The summed E-state index contributed by atoms with van der Waals surface area (Å²) in [5.41, 5.74) is 2.53. The Labute approximate surface area is 105 Å². The van der Waals surface area contributed by atoms with Gasteiger partial charge in [-0.3, -0.25) is 14.8 Å². The number of benzene rings is 1. The molecule has 0 unspecified atom stereocenters. The predicted octanol–water partition coefficient (Wildman–Crippen LogP) is 2.46. The third-order valence-corrected chi connectivity index (χ3v) is 2.36. The van der Waals surface area contributed by atoms with Gasteiger partial charge >= 0.3 is 5.97 Å². The average molecular weight is 240 g/mol. The van der Waals surface area contributed by atoms with E-state index in [4.69, 9.17) is 5.11 Å². The SMILES string of the molecule is O=C(O)Cc1ccc(/N=C/c2ccncc2)cc1. The molecule has 0 saturated carbocycles. The predicted molar refractivity (Wildman–Crippen MR) is 69.3 cm³/mol. The summed E-state index contributed by atoms with van der Waals surface area (Å²) in [7, 11) is 0. The van der Waals surface area contributed by atoms with Gasteiger partial charge in [0, 0.05) is 18.6 Å². The highest BCUT2D eigenvalue weighted by Crippen LogP contribution is 2.13. The molecule has 4 heteroatoms. The number of carboxylic acids is 1. The molecule has 0 radical (unpaired) electrons. The summed E-state index contributed by atoms with van der Waals surface area (Å²) in [6.07, 6.45) is 5.19. The molecule has 0 aliphatic rings. The van der Waals surface area contributed by atoms with Crippen molar-refractivity contribution in [3.05, 3.63) is 59.9 Å². The summed E-state index contributed by atoms with van der Waals surface area (Å²) in [5, 5.41) is 8.65. The Morgan fingerprint density at radius 1 is 1.17 bits per heavy atom. The molecule has 90 valence electrons. The number of carbonyl (C=O) groups is 1. The van der Waals surface area contributed by atoms with Gasteiger partial charge in [0.2, 0.25) is 0 Å². The van der Waals surface area contributed by atoms with Gasteiger partial charge < -0.3 is 5.11 Å². The Hall–Kier alpha value is -2.49. The lowest BCUT2D eigenvalue weighted by Gasteiger charge is -1.98. The van der Waals surface area contributed by atoms with E-state index in [1.165, 1.54) is 0 Å². The van der Waals surface area contributed by atoms with E-state index in [1.807, 2.05) is 12.1 Å². The van der Waals surface area contributed by atoms with Crippen LogP contribution in [0.2, 0.25) is 0 Å². The summed E-state index contributed by atoms with van der Waals surface area (Å²) in [6, 6.07) is 10.9. The third kappa shape index (κ3) is 3.52. The maximum absolute atomic E-state index is 10.5. The molecule has 4 nitrogen and oxygen atoms in total. The molecule has 0 bridgehead atoms. The minimum atomic E-state index is -0.831. The monoisotopic (exact) mass is 240 g/mol. The van der Waals surface area contributed by atoms with Gasteiger partial charge in [-0.1, -0.05) is 12.1 Å². The van der Waals surface area contributed by atoms with Gasteiger partial charge in [-0.05, 0) is 35.4 Å². The van der Waals surface area contributed by atoms with E-state index in [9.17, 15) is 4.79 Å². The lowest BCUT2D eigenvalue weighted by Crippen LogP contribution is -1.99. The summed E-state index contributed by atoms with van der Waals surface area (Å²) in [6.45, 7) is 0. The zero-order chi connectivity index (χ0) is 12.8. The van der Waals surface area contributed by atoms with E-state index in [-0.39, 0.29) is 6.42 Å². The second-order valence-electron chi connectivity index (χ2n) is 3.78. The first-order valence-electron chi connectivity index (χ1n) is 5.49. The number of hydrogen-bond donors (Lipinski definition) is 1. The molecule has 1 aromatic heterocycles. The standard InChI is InChI=1S/C14H12N2O2/c17-14(18)9-11-1-3-13(4-2-11)16-10-12-5-7-15-8-6-12/h1-8,10H,9H2,(H,17,18)/b16-10+. The van der Waals surface area contributed by atoms with E-state index in [0.29, 0.717) is 0 Å². The number of aliphatic carboxylic acids is 1. The molecular formula is C14H12N2O2. The van der Waals surface area contributed by atoms with Crippen LogP contribution in [0.3, 0.4) is 0 Å². The van der Waals surface area contributed by atoms with Crippen molar-refractivity contribution in [1.29, 1.82) is 0 Å². The molecule has 1 heterocycles. The number of aliphatic imine (C=N–C) groups is 1. The Kier molecular flexibility index (Phi) is 3.81. The van der Waals surface area contributed by atoms with Crippen molar-refractivity contribution in [3.63, 3.8) is 0 Å². The fraction of sp³-hybridized carbons (Fsp3) is 0.0714. The van der Waals surface area contributed by atoms with Crippen LogP contribution in [0.4, 0.5) is 5.69 Å². The van der Waals surface area contributed by atoms with Crippen LogP contribution in [0.1, 0.15) is 11.1 Å². The van der Waals surface area contributed by atoms with Gasteiger partial charge in [-0.25, -0.2) is 0 Å². The summed E-state index contributed by atoms with van der Waals surface area (Å²) < 4.78 is 0. The molecule has 1 aromatic carbocycles. The fourth-order valence-electron chi connectivity index (χ4n) is 1.47. The van der Waals surface area contributed by atoms with Crippen molar-refractivity contribution in [3.8, 4) is 0 Å².